The third kappa shape index (κ3) is 3.36. The summed E-state index contributed by atoms with van der Waals surface area (Å²) in [6.07, 6.45) is 1.43. The van der Waals surface area contributed by atoms with E-state index in [0.717, 1.165) is 11.0 Å². The first-order valence-electron chi connectivity index (χ1n) is 8.98. The van der Waals surface area contributed by atoms with Crippen molar-refractivity contribution in [3.63, 3.8) is 0 Å². The van der Waals surface area contributed by atoms with Gasteiger partial charge in [0.2, 0.25) is 0 Å². The van der Waals surface area contributed by atoms with Crippen LogP contribution in [0.15, 0.2) is 12.3 Å². The van der Waals surface area contributed by atoms with Gasteiger partial charge in [-0.2, -0.15) is 5.10 Å². The second-order valence-corrected chi connectivity index (χ2v) is 6.70. The molecule has 3 heterocycles. The van der Waals surface area contributed by atoms with Gasteiger partial charge >= 0.3 is 6.09 Å². The largest absolute Gasteiger partial charge is 0.450 e. The number of aryl methyl sites for hydroxylation is 1. The summed E-state index contributed by atoms with van der Waals surface area (Å²) in [5, 5.41) is 5.23. The Hall–Kier alpha value is -2.64. The molecule has 2 amide bonds. The highest BCUT2D eigenvalue weighted by atomic mass is 16.6. The zero-order chi connectivity index (χ0) is 18.8. The van der Waals surface area contributed by atoms with Crippen LogP contribution < -0.4 is 0 Å². The van der Waals surface area contributed by atoms with Crippen molar-refractivity contribution in [2.45, 2.75) is 33.7 Å². The lowest BCUT2D eigenvalue weighted by Crippen LogP contribution is -2.50. The first-order chi connectivity index (χ1) is 12.4. The smallest absolute Gasteiger partial charge is 0.409 e. The third-order valence-electron chi connectivity index (χ3n) is 4.57. The van der Waals surface area contributed by atoms with Gasteiger partial charge in [-0.05, 0) is 33.8 Å². The average molecular weight is 359 g/mol. The molecule has 0 saturated carbocycles. The van der Waals surface area contributed by atoms with Crippen LogP contribution in [0.2, 0.25) is 0 Å². The van der Waals surface area contributed by atoms with Crippen LogP contribution >= 0.6 is 0 Å². The lowest BCUT2D eigenvalue weighted by Gasteiger charge is -2.34. The van der Waals surface area contributed by atoms with Gasteiger partial charge in [0.1, 0.15) is 0 Å². The number of piperazine rings is 1. The molecule has 0 aliphatic carbocycles. The normalized spacial score (nSPS) is 15.0. The topological polar surface area (TPSA) is 80.6 Å². The van der Waals surface area contributed by atoms with Gasteiger partial charge in [-0.15, -0.1) is 0 Å². The Kier molecular flexibility index (Phi) is 5.11. The van der Waals surface area contributed by atoms with Crippen molar-refractivity contribution in [3.05, 3.63) is 23.5 Å². The van der Waals surface area contributed by atoms with Crippen molar-refractivity contribution in [1.29, 1.82) is 0 Å². The molecular formula is C18H25N5O3. The lowest BCUT2D eigenvalue weighted by atomic mass is 10.1. The molecule has 3 rings (SSSR count). The number of hydrogen-bond donors (Lipinski definition) is 0. The van der Waals surface area contributed by atoms with Crippen LogP contribution in [0.1, 0.15) is 42.9 Å². The van der Waals surface area contributed by atoms with E-state index in [1.807, 2.05) is 31.5 Å². The Morgan fingerprint density at radius 3 is 2.46 bits per heavy atom. The lowest BCUT2D eigenvalue weighted by molar-refractivity contribution is 0.0569. The van der Waals surface area contributed by atoms with E-state index in [9.17, 15) is 9.59 Å². The molecule has 0 radical (unpaired) electrons. The minimum atomic E-state index is -0.319. The van der Waals surface area contributed by atoms with Crippen molar-refractivity contribution in [2.24, 2.45) is 0 Å². The van der Waals surface area contributed by atoms with Crippen molar-refractivity contribution in [1.82, 2.24) is 24.6 Å². The van der Waals surface area contributed by atoms with E-state index >= 15 is 0 Å². The number of pyridine rings is 1. The molecule has 0 atom stereocenters. The maximum atomic E-state index is 12.9. The van der Waals surface area contributed by atoms with Gasteiger partial charge in [0.25, 0.3) is 5.91 Å². The number of carbonyl (C=O) groups is 2. The molecule has 1 aliphatic heterocycles. The van der Waals surface area contributed by atoms with Gasteiger partial charge in [0.05, 0.1) is 24.1 Å². The van der Waals surface area contributed by atoms with Crippen LogP contribution in [0.25, 0.3) is 11.0 Å². The monoisotopic (exact) mass is 359 g/mol. The van der Waals surface area contributed by atoms with Crippen molar-refractivity contribution in [2.75, 3.05) is 32.8 Å². The van der Waals surface area contributed by atoms with Crippen molar-refractivity contribution < 1.29 is 14.3 Å². The molecule has 0 bridgehead atoms. The van der Waals surface area contributed by atoms with E-state index in [2.05, 4.69) is 10.1 Å². The van der Waals surface area contributed by atoms with Crippen LogP contribution in [0.4, 0.5) is 4.79 Å². The summed E-state index contributed by atoms with van der Waals surface area (Å²) in [6.45, 7) is 10.0. The van der Waals surface area contributed by atoms with Crippen LogP contribution in [-0.2, 0) is 4.74 Å². The van der Waals surface area contributed by atoms with E-state index < -0.39 is 0 Å². The van der Waals surface area contributed by atoms with E-state index in [4.69, 9.17) is 4.74 Å². The van der Waals surface area contributed by atoms with Crippen molar-refractivity contribution >= 4 is 23.0 Å². The molecule has 1 saturated heterocycles. The number of fused-ring (bicyclic) bond motifs is 1. The highest BCUT2D eigenvalue weighted by Crippen LogP contribution is 2.21. The van der Waals surface area contributed by atoms with Gasteiger partial charge in [-0.25, -0.2) is 14.5 Å². The maximum Gasteiger partial charge on any atom is 0.409 e. The second-order valence-electron chi connectivity index (χ2n) is 6.70. The van der Waals surface area contributed by atoms with E-state index in [1.54, 1.807) is 22.9 Å². The molecule has 2 aromatic rings. The summed E-state index contributed by atoms with van der Waals surface area (Å²) >= 11 is 0. The van der Waals surface area contributed by atoms with Crippen LogP contribution in [0, 0.1) is 6.92 Å². The fourth-order valence-electron chi connectivity index (χ4n) is 3.14. The third-order valence-corrected chi connectivity index (χ3v) is 4.57. The summed E-state index contributed by atoms with van der Waals surface area (Å²) in [5.41, 5.74) is 2.07. The molecular weight excluding hydrogens is 334 g/mol. The highest BCUT2D eigenvalue weighted by molar-refractivity contribution is 5.98. The van der Waals surface area contributed by atoms with Crippen LogP contribution in [0.5, 0.6) is 0 Å². The number of carbonyl (C=O) groups excluding carboxylic acids is 2. The average Bonchev–Trinajstić information content (AvgIpc) is 3.03. The molecule has 8 heteroatoms. The van der Waals surface area contributed by atoms with E-state index in [0.29, 0.717) is 44.0 Å². The molecule has 1 fully saturated rings. The fourth-order valence-corrected chi connectivity index (χ4v) is 3.14. The molecule has 2 aromatic heterocycles. The summed E-state index contributed by atoms with van der Waals surface area (Å²) in [4.78, 5) is 32.7. The SMILES string of the molecule is CCOC(=O)N1CCN(C(=O)c2cc3cnn(C(C)C)c3nc2C)CC1. The zero-order valence-corrected chi connectivity index (χ0v) is 15.7. The number of amides is 2. The maximum absolute atomic E-state index is 12.9. The number of rotatable bonds is 3. The molecule has 0 unspecified atom stereocenters. The number of hydrogen-bond acceptors (Lipinski definition) is 5. The second kappa shape index (κ2) is 7.31. The summed E-state index contributed by atoms with van der Waals surface area (Å²) in [6, 6.07) is 2.07. The summed E-state index contributed by atoms with van der Waals surface area (Å²) in [7, 11) is 0. The minimum absolute atomic E-state index is 0.0577. The van der Waals surface area contributed by atoms with Crippen LogP contribution in [0.3, 0.4) is 0 Å². The molecule has 1 aliphatic rings. The first-order valence-corrected chi connectivity index (χ1v) is 8.98. The molecule has 140 valence electrons. The van der Waals surface area contributed by atoms with E-state index in [1.165, 1.54) is 0 Å². The van der Waals surface area contributed by atoms with Gasteiger partial charge < -0.3 is 14.5 Å². The fraction of sp³-hybridized carbons (Fsp3) is 0.556. The molecule has 0 aromatic carbocycles. The predicted molar refractivity (Wildman–Crippen MR) is 97.1 cm³/mol. The molecule has 0 N–H and O–H groups in total. The van der Waals surface area contributed by atoms with Gasteiger partial charge in [-0.1, -0.05) is 0 Å². The van der Waals surface area contributed by atoms with Crippen LogP contribution in [-0.4, -0.2) is 69.4 Å². The number of nitrogens with zero attached hydrogens (tertiary/aromatic N) is 5. The zero-order valence-electron chi connectivity index (χ0n) is 15.7. The Balaban J connectivity index is 1.76. The van der Waals surface area contributed by atoms with E-state index in [-0.39, 0.29) is 18.0 Å². The van der Waals surface area contributed by atoms with Crippen molar-refractivity contribution in [3.8, 4) is 0 Å². The number of ether oxygens (including phenoxy) is 1. The van der Waals surface area contributed by atoms with Gasteiger partial charge in [-0.3, -0.25) is 4.79 Å². The first kappa shape index (κ1) is 18.2. The number of aromatic nitrogens is 3. The molecule has 8 nitrogen and oxygen atoms in total. The van der Waals surface area contributed by atoms with Gasteiger partial charge in [0, 0.05) is 37.6 Å². The standard InChI is InChI=1S/C18H25N5O3/c1-5-26-18(25)22-8-6-21(7-9-22)17(24)15-10-14-11-19-23(12(2)3)16(14)20-13(15)4/h10-12H,5-9H2,1-4H3. The Morgan fingerprint density at radius 2 is 1.85 bits per heavy atom. The summed E-state index contributed by atoms with van der Waals surface area (Å²) in [5.74, 6) is -0.0577. The quantitative estimate of drug-likeness (QED) is 0.839. The Morgan fingerprint density at radius 1 is 1.19 bits per heavy atom. The van der Waals surface area contributed by atoms with Gasteiger partial charge in [0.15, 0.2) is 5.65 Å². The highest BCUT2D eigenvalue weighted by Gasteiger charge is 2.27. The molecule has 26 heavy (non-hydrogen) atoms. The predicted octanol–water partition coefficient (Wildman–Crippen LogP) is 2.23. The minimum Gasteiger partial charge on any atom is -0.450 e. The summed E-state index contributed by atoms with van der Waals surface area (Å²) < 4.78 is 6.87. The Labute approximate surface area is 152 Å². The Bertz CT molecular complexity index is 822. The molecule has 0 spiro atoms.